The SMILES string of the molecule is Cc1ccc(S(=O)(=O)OCc2ccccc2-c2ccccc2[N+](=O)[O-])c([N+](=O)[O-])c1. The highest BCUT2D eigenvalue weighted by molar-refractivity contribution is 7.86. The Labute approximate surface area is 172 Å². The van der Waals surface area contributed by atoms with Crippen molar-refractivity contribution in [3.8, 4) is 11.1 Å². The summed E-state index contributed by atoms with van der Waals surface area (Å²) in [5.74, 6) is 0. The molecule has 3 aromatic rings. The third-order valence-electron chi connectivity index (χ3n) is 4.36. The molecule has 0 unspecified atom stereocenters. The molecule has 9 nitrogen and oxygen atoms in total. The zero-order valence-electron chi connectivity index (χ0n) is 15.7. The summed E-state index contributed by atoms with van der Waals surface area (Å²) in [5.41, 5.74) is 0.926. The molecule has 0 saturated heterocycles. The lowest BCUT2D eigenvalue weighted by Crippen LogP contribution is -2.10. The molecule has 10 heteroatoms. The minimum Gasteiger partial charge on any atom is -0.261 e. The van der Waals surface area contributed by atoms with E-state index in [0.717, 1.165) is 12.1 Å². The van der Waals surface area contributed by atoms with Gasteiger partial charge in [0.1, 0.15) is 0 Å². The van der Waals surface area contributed by atoms with Crippen molar-refractivity contribution in [1.29, 1.82) is 0 Å². The lowest BCUT2D eigenvalue weighted by atomic mass is 9.99. The van der Waals surface area contributed by atoms with Gasteiger partial charge in [-0.15, -0.1) is 0 Å². The summed E-state index contributed by atoms with van der Waals surface area (Å²) < 4.78 is 30.4. The van der Waals surface area contributed by atoms with E-state index in [1.165, 1.54) is 18.2 Å². The number of rotatable bonds is 7. The fourth-order valence-electron chi connectivity index (χ4n) is 2.96. The second-order valence-corrected chi connectivity index (χ2v) is 7.96. The molecule has 154 valence electrons. The predicted molar refractivity (Wildman–Crippen MR) is 108 cm³/mol. The molecule has 0 N–H and O–H groups in total. The molecule has 0 amide bonds. The van der Waals surface area contributed by atoms with Gasteiger partial charge in [0.25, 0.3) is 11.4 Å². The van der Waals surface area contributed by atoms with Crippen LogP contribution in [0.5, 0.6) is 0 Å². The first-order valence-corrected chi connectivity index (χ1v) is 10.1. The fourth-order valence-corrected chi connectivity index (χ4v) is 3.99. The standard InChI is InChI=1S/C20H16N2O7S/c1-14-10-11-20(19(12-14)22(25)26)30(27,28)29-13-15-6-2-3-7-16(15)17-8-4-5-9-18(17)21(23)24/h2-12H,13H2,1H3. The Morgan fingerprint density at radius 2 is 1.43 bits per heavy atom. The largest absolute Gasteiger partial charge is 0.304 e. The van der Waals surface area contributed by atoms with E-state index < -0.39 is 37.2 Å². The number of nitro groups is 2. The zero-order chi connectivity index (χ0) is 21.9. The summed E-state index contributed by atoms with van der Waals surface area (Å²) in [7, 11) is -4.45. The van der Waals surface area contributed by atoms with Gasteiger partial charge in [0.2, 0.25) is 0 Å². The van der Waals surface area contributed by atoms with E-state index in [1.807, 2.05) is 0 Å². The lowest BCUT2D eigenvalue weighted by molar-refractivity contribution is -0.388. The monoisotopic (exact) mass is 428 g/mol. The first kappa shape index (κ1) is 21.1. The van der Waals surface area contributed by atoms with Crippen molar-refractivity contribution >= 4 is 21.5 Å². The number of aryl methyl sites for hydroxylation is 1. The molecule has 0 fully saturated rings. The van der Waals surface area contributed by atoms with Gasteiger partial charge in [-0.25, -0.2) is 0 Å². The number of nitro benzene ring substituents is 2. The summed E-state index contributed by atoms with van der Waals surface area (Å²) in [6.45, 7) is 1.16. The molecule has 0 bridgehead atoms. The number of benzene rings is 3. The van der Waals surface area contributed by atoms with E-state index in [9.17, 15) is 28.6 Å². The van der Waals surface area contributed by atoms with Crippen LogP contribution in [0.3, 0.4) is 0 Å². The number of nitrogens with zero attached hydrogens (tertiary/aromatic N) is 2. The molecular weight excluding hydrogens is 412 g/mol. The maximum absolute atomic E-state index is 12.6. The van der Waals surface area contributed by atoms with Crippen LogP contribution in [-0.4, -0.2) is 18.3 Å². The molecule has 0 aromatic heterocycles. The van der Waals surface area contributed by atoms with Gasteiger partial charge in [0.05, 0.1) is 22.0 Å². The normalized spacial score (nSPS) is 11.2. The molecule has 0 saturated carbocycles. The second kappa shape index (κ2) is 8.39. The molecule has 3 rings (SSSR count). The second-order valence-electron chi connectivity index (χ2n) is 6.38. The van der Waals surface area contributed by atoms with E-state index in [1.54, 1.807) is 43.3 Å². The van der Waals surface area contributed by atoms with Crippen molar-refractivity contribution < 1.29 is 22.4 Å². The van der Waals surface area contributed by atoms with Crippen LogP contribution in [0.1, 0.15) is 11.1 Å². The van der Waals surface area contributed by atoms with Gasteiger partial charge >= 0.3 is 10.1 Å². The fraction of sp³-hybridized carbons (Fsp3) is 0.100. The van der Waals surface area contributed by atoms with Crippen molar-refractivity contribution in [2.75, 3.05) is 0 Å². The zero-order valence-corrected chi connectivity index (χ0v) is 16.5. The Morgan fingerprint density at radius 3 is 2.10 bits per heavy atom. The van der Waals surface area contributed by atoms with E-state index in [0.29, 0.717) is 22.3 Å². The number of hydrogen-bond acceptors (Lipinski definition) is 7. The molecular formula is C20H16N2O7S. The van der Waals surface area contributed by atoms with Crippen molar-refractivity contribution in [3.05, 3.63) is 98.1 Å². The third-order valence-corrected chi connectivity index (χ3v) is 5.67. The highest BCUT2D eigenvalue weighted by atomic mass is 32.2. The molecule has 0 atom stereocenters. The minimum absolute atomic E-state index is 0.137. The lowest BCUT2D eigenvalue weighted by Gasteiger charge is -2.11. The Bertz CT molecular complexity index is 1240. The van der Waals surface area contributed by atoms with Gasteiger partial charge in [-0.05, 0) is 35.7 Å². The molecule has 3 aromatic carbocycles. The van der Waals surface area contributed by atoms with E-state index in [2.05, 4.69) is 0 Å². The van der Waals surface area contributed by atoms with E-state index in [4.69, 9.17) is 4.18 Å². The number of para-hydroxylation sites is 1. The quantitative estimate of drug-likeness (QED) is 0.310. The maximum atomic E-state index is 12.6. The van der Waals surface area contributed by atoms with Crippen LogP contribution in [-0.2, 0) is 20.9 Å². The van der Waals surface area contributed by atoms with Crippen LogP contribution in [0.15, 0.2) is 71.6 Å². The van der Waals surface area contributed by atoms with Gasteiger partial charge in [0, 0.05) is 12.1 Å². The predicted octanol–water partition coefficient (Wildman–Crippen LogP) is 4.38. The van der Waals surface area contributed by atoms with Crippen molar-refractivity contribution in [2.45, 2.75) is 18.4 Å². The molecule has 0 spiro atoms. The van der Waals surface area contributed by atoms with Gasteiger partial charge in [-0.1, -0.05) is 42.5 Å². The molecule has 0 aliphatic rings. The van der Waals surface area contributed by atoms with Gasteiger partial charge in [0.15, 0.2) is 4.90 Å². The van der Waals surface area contributed by atoms with Crippen LogP contribution in [0.25, 0.3) is 11.1 Å². The van der Waals surface area contributed by atoms with Crippen LogP contribution >= 0.6 is 0 Å². The van der Waals surface area contributed by atoms with E-state index >= 15 is 0 Å². The highest BCUT2D eigenvalue weighted by Crippen LogP contribution is 2.33. The molecule has 0 aliphatic heterocycles. The van der Waals surface area contributed by atoms with Crippen LogP contribution < -0.4 is 0 Å². The topological polar surface area (TPSA) is 130 Å². The average Bonchev–Trinajstić information content (AvgIpc) is 2.72. The van der Waals surface area contributed by atoms with Crippen molar-refractivity contribution in [1.82, 2.24) is 0 Å². The van der Waals surface area contributed by atoms with Crippen LogP contribution in [0.4, 0.5) is 11.4 Å². The Kier molecular flexibility index (Phi) is 5.90. The number of hydrogen-bond donors (Lipinski definition) is 0. The first-order valence-electron chi connectivity index (χ1n) is 8.67. The van der Waals surface area contributed by atoms with Gasteiger partial charge in [-0.2, -0.15) is 8.42 Å². The highest BCUT2D eigenvalue weighted by Gasteiger charge is 2.27. The Hall–Kier alpha value is -3.63. The summed E-state index contributed by atoms with van der Waals surface area (Å²) >= 11 is 0. The Morgan fingerprint density at radius 1 is 0.833 bits per heavy atom. The maximum Gasteiger partial charge on any atom is 0.304 e. The summed E-state index contributed by atoms with van der Waals surface area (Å²) in [6.07, 6.45) is 0. The average molecular weight is 428 g/mol. The van der Waals surface area contributed by atoms with E-state index in [-0.39, 0.29) is 5.69 Å². The Balaban J connectivity index is 1.97. The van der Waals surface area contributed by atoms with Gasteiger partial charge < -0.3 is 0 Å². The molecule has 0 heterocycles. The van der Waals surface area contributed by atoms with Crippen molar-refractivity contribution in [2.24, 2.45) is 0 Å². The van der Waals surface area contributed by atoms with Crippen LogP contribution in [0.2, 0.25) is 0 Å². The molecule has 30 heavy (non-hydrogen) atoms. The molecule has 0 aliphatic carbocycles. The van der Waals surface area contributed by atoms with Gasteiger partial charge in [-0.3, -0.25) is 24.4 Å². The summed E-state index contributed by atoms with van der Waals surface area (Å²) in [4.78, 5) is 20.7. The van der Waals surface area contributed by atoms with Crippen LogP contribution in [0, 0.1) is 27.2 Å². The molecule has 0 radical (unpaired) electrons. The summed E-state index contributed by atoms with van der Waals surface area (Å²) in [5, 5.41) is 22.6. The third kappa shape index (κ3) is 4.34. The smallest absolute Gasteiger partial charge is 0.261 e. The minimum atomic E-state index is -4.45. The van der Waals surface area contributed by atoms with Crippen molar-refractivity contribution in [3.63, 3.8) is 0 Å². The first-order chi connectivity index (χ1) is 14.2. The summed E-state index contributed by atoms with van der Waals surface area (Å²) in [6, 6.07) is 16.3.